The van der Waals surface area contributed by atoms with E-state index in [4.69, 9.17) is 4.74 Å². The van der Waals surface area contributed by atoms with Crippen molar-refractivity contribution in [3.63, 3.8) is 0 Å². The first kappa shape index (κ1) is 20.3. The third-order valence-corrected chi connectivity index (χ3v) is 6.45. The Balaban J connectivity index is 1.77. The van der Waals surface area contributed by atoms with E-state index in [9.17, 15) is 13.2 Å². The lowest BCUT2D eigenvalue weighted by atomic mass is 10.0. The SMILES string of the molecule is COc1ccc(C2CC(C(=O)Nc3ccccc3)NN2)cc1S(=O)(=O)N(C)C. The lowest BCUT2D eigenvalue weighted by Crippen LogP contribution is -2.39. The van der Waals surface area contributed by atoms with Crippen LogP contribution < -0.4 is 20.9 Å². The smallest absolute Gasteiger partial charge is 0.246 e. The quantitative estimate of drug-likeness (QED) is 0.675. The largest absolute Gasteiger partial charge is 0.495 e. The number of nitrogens with zero attached hydrogens (tertiary/aromatic N) is 1. The fraction of sp³-hybridized carbons (Fsp3) is 0.316. The second-order valence-corrected chi connectivity index (χ2v) is 8.80. The molecule has 0 spiro atoms. The Labute approximate surface area is 164 Å². The second kappa shape index (κ2) is 8.27. The molecule has 3 rings (SSSR count). The normalized spacial score (nSPS) is 19.6. The molecule has 1 amide bonds. The number of rotatable bonds is 6. The Morgan fingerprint density at radius 1 is 1.14 bits per heavy atom. The fourth-order valence-electron chi connectivity index (χ4n) is 3.01. The number of carbonyl (C=O) groups excluding carboxylic acids is 1. The number of para-hydroxylation sites is 1. The molecule has 8 nitrogen and oxygen atoms in total. The van der Waals surface area contributed by atoms with Crippen molar-refractivity contribution in [2.45, 2.75) is 23.4 Å². The topological polar surface area (TPSA) is 99.8 Å². The van der Waals surface area contributed by atoms with Crippen LogP contribution in [0.1, 0.15) is 18.0 Å². The van der Waals surface area contributed by atoms with E-state index < -0.39 is 16.1 Å². The molecule has 2 unspecified atom stereocenters. The summed E-state index contributed by atoms with van der Waals surface area (Å²) in [4.78, 5) is 12.6. The van der Waals surface area contributed by atoms with Gasteiger partial charge in [0.15, 0.2) is 0 Å². The van der Waals surface area contributed by atoms with E-state index in [0.717, 1.165) is 15.6 Å². The van der Waals surface area contributed by atoms with Crippen molar-refractivity contribution < 1.29 is 17.9 Å². The summed E-state index contributed by atoms with van der Waals surface area (Å²) in [6.07, 6.45) is 0.479. The number of methoxy groups -OCH3 is 1. The summed E-state index contributed by atoms with van der Waals surface area (Å²) in [6, 6.07) is 13.6. The molecule has 28 heavy (non-hydrogen) atoms. The van der Waals surface area contributed by atoms with Gasteiger partial charge in [-0.05, 0) is 36.2 Å². The Kier molecular flexibility index (Phi) is 5.99. The number of ether oxygens (including phenoxy) is 1. The molecule has 1 fully saturated rings. The third-order valence-electron chi connectivity index (χ3n) is 4.61. The number of hydrogen-bond donors (Lipinski definition) is 3. The first-order chi connectivity index (χ1) is 13.3. The maximum atomic E-state index is 12.6. The van der Waals surface area contributed by atoms with E-state index in [1.54, 1.807) is 18.2 Å². The minimum absolute atomic E-state index is 0.0940. The molecule has 3 N–H and O–H groups in total. The average Bonchev–Trinajstić information content (AvgIpc) is 3.18. The van der Waals surface area contributed by atoms with Crippen LogP contribution in [0.3, 0.4) is 0 Å². The molecule has 2 atom stereocenters. The van der Waals surface area contributed by atoms with Crippen molar-refractivity contribution in [3.05, 3.63) is 54.1 Å². The summed E-state index contributed by atoms with van der Waals surface area (Å²) in [5.74, 6) is 0.123. The third kappa shape index (κ3) is 4.17. The number of sulfonamides is 1. The molecule has 9 heteroatoms. The molecule has 0 radical (unpaired) electrons. The van der Waals surface area contributed by atoms with Crippen LogP contribution in [0.2, 0.25) is 0 Å². The lowest BCUT2D eigenvalue weighted by molar-refractivity contribution is -0.117. The van der Waals surface area contributed by atoms with E-state index in [2.05, 4.69) is 16.2 Å². The van der Waals surface area contributed by atoms with Crippen molar-refractivity contribution in [2.75, 3.05) is 26.5 Å². The number of anilines is 1. The van der Waals surface area contributed by atoms with Gasteiger partial charge in [0.1, 0.15) is 16.7 Å². The van der Waals surface area contributed by atoms with E-state index in [-0.39, 0.29) is 22.6 Å². The van der Waals surface area contributed by atoms with Gasteiger partial charge in [-0.15, -0.1) is 0 Å². The molecular weight excluding hydrogens is 380 g/mol. The zero-order valence-electron chi connectivity index (χ0n) is 16.0. The summed E-state index contributed by atoms with van der Waals surface area (Å²) >= 11 is 0. The molecule has 150 valence electrons. The minimum Gasteiger partial charge on any atom is -0.495 e. The van der Waals surface area contributed by atoms with E-state index >= 15 is 0 Å². The van der Waals surface area contributed by atoms with Gasteiger partial charge in [-0.1, -0.05) is 24.3 Å². The monoisotopic (exact) mass is 404 g/mol. The van der Waals surface area contributed by atoms with Crippen LogP contribution in [0.15, 0.2) is 53.4 Å². The molecule has 2 aromatic rings. The first-order valence-corrected chi connectivity index (χ1v) is 10.2. The number of amides is 1. The molecule has 1 aliphatic heterocycles. The predicted molar refractivity (Wildman–Crippen MR) is 106 cm³/mol. The van der Waals surface area contributed by atoms with E-state index in [0.29, 0.717) is 6.42 Å². The minimum atomic E-state index is -3.66. The van der Waals surface area contributed by atoms with Crippen molar-refractivity contribution in [1.29, 1.82) is 0 Å². The Morgan fingerprint density at radius 2 is 1.86 bits per heavy atom. The van der Waals surface area contributed by atoms with E-state index in [1.165, 1.54) is 21.2 Å². The molecule has 0 aromatic heterocycles. The van der Waals surface area contributed by atoms with Crippen molar-refractivity contribution in [3.8, 4) is 5.75 Å². The summed E-state index contributed by atoms with van der Waals surface area (Å²) < 4.78 is 31.6. The van der Waals surface area contributed by atoms with Crippen LogP contribution in [0.25, 0.3) is 0 Å². The van der Waals surface area contributed by atoms with Gasteiger partial charge < -0.3 is 10.1 Å². The summed E-state index contributed by atoms with van der Waals surface area (Å²) in [6.45, 7) is 0. The number of hydrogen-bond acceptors (Lipinski definition) is 6. The molecule has 1 saturated heterocycles. The Bertz CT molecular complexity index is 948. The highest BCUT2D eigenvalue weighted by molar-refractivity contribution is 7.89. The second-order valence-electron chi connectivity index (χ2n) is 6.68. The van der Waals surface area contributed by atoms with Gasteiger partial charge in [-0.25, -0.2) is 23.6 Å². The highest BCUT2D eigenvalue weighted by Crippen LogP contribution is 2.31. The molecule has 0 saturated carbocycles. The number of hydrazine groups is 1. The van der Waals surface area contributed by atoms with Crippen molar-refractivity contribution in [1.82, 2.24) is 15.2 Å². The Hall–Kier alpha value is -2.46. The number of nitrogens with one attached hydrogen (secondary N) is 3. The van der Waals surface area contributed by atoms with Crippen LogP contribution in [-0.4, -0.2) is 45.9 Å². The predicted octanol–water partition coefficient (Wildman–Crippen LogP) is 1.49. The zero-order valence-corrected chi connectivity index (χ0v) is 16.8. The van der Waals surface area contributed by atoms with Crippen molar-refractivity contribution in [2.24, 2.45) is 0 Å². The fourth-order valence-corrected chi connectivity index (χ4v) is 4.09. The van der Waals surface area contributed by atoms with Gasteiger partial charge >= 0.3 is 0 Å². The van der Waals surface area contributed by atoms with Crippen LogP contribution in [0, 0.1) is 0 Å². The van der Waals surface area contributed by atoms with Gasteiger partial charge in [-0.2, -0.15) is 0 Å². The molecule has 0 bridgehead atoms. The maximum Gasteiger partial charge on any atom is 0.246 e. The van der Waals surface area contributed by atoms with Crippen LogP contribution in [0.5, 0.6) is 5.75 Å². The summed E-state index contributed by atoms with van der Waals surface area (Å²) in [5, 5.41) is 2.86. The molecule has 2 aromatic carbocycles. The highest BCUT2D eigenvalue weighted by Gasteiger charge is 2.32. The van der Waals surface area contributed by atoms with Gasteiger partial charge in [0.2, 0.25) is 15.9 Å². The average molecular weight is 404 g/mol. The van der Waals surface area contributed by atoms with Crippen LogP contribution >= 0.6 is 0 Å². The maximum absolute atomic E-state index is 12.6. The van der Waals surface area contributed by atoms with Gasteiger partial charge in [0.05, 0.1) is 7.11 Å². The number of benzene rings is 2. The molecule has 1 aliphatic rings. The Morgan fingerprint density at radius 3 is 2.50 bits per heavy atom. The van der Waals surface area contributed by atoms with Crippen molar-refractivity contribution >= 4 is 21.6 Å². The first-order valence-electron chi connectivity index (χ1n) is 8.80. The summed E-state index contributed by atoms with van der Waals surface area (Å²) in [5.41, 5.74) is 7.53. The zero-order chi connectivity index (χ0) is 20.3. The molecule has 0 aliphatic carbocycles. The molecule has 1 heterocycles. The van der Waals surface area contributed by atoms with Gasteiger partial charge in [-0.3, -0.25) is 4.79 Å². The van der Waals surface area contributed by atoms with Crippen LogP contribution in [0.4, 0.5) is 5.69 Å². The standard InChI is InChI=1S/C19H24N4O4S/c1-23(2)28(25,26)18-11-13(9-10-17(18)27-3)15-12-16(22-21-15)19(24)20-14-7-5-4-6-8-14/h4-11,15-16,21-22H,12H2,1-3H3,(H,20,24). The van der Waals surface area contributed by atoms with E-state index in [1.807, 2.05) is 30.3 Å². The van der Waals surface area contributed by atoms with Gasteiger partial charge in [0.25, 0.3) is 0 Å². The highest BCUT2D eigenvalue weighted by atomic mass is 32.2. The van der Waals surface area contributed by atoms with Crippen LogP contribution in [-0.2, 0) is 14.8 Å². The number of carbonyl (C=O) groups is 1. The van der Waals surface area contributed by atoms with Gasteiger partial charge in [0, 0.05) is 25.8 Å². The summed E-state index contributed by atoms with van der Waals surface area (Å²) in [7, 11) is 0.718. The lowest BCUT2D eigenvalue weighted by Gasteiger charge is -2.17. The molecular formula is C19H24N4O4S.